The van der Waals surface area contributed by atoms with Crippen molar-refractivity contribution in [2.75, 3.05) is 0 Å². The molecule has 7 heteroatoms. The molecule has 1 N–H and O–H groups in total. The molecule has 86 valence electrons. The minimum absolute atomic E-state index is 0.196. The van der Waals surface area contributed by atoms with Gasteiger partial charge in [0.05, 0.1) is 0 Å². The zero-order chi connectivity index (χ0) is 12.3. The molecule has 16 heavy (non-hydrogen) atoms. The molecular weight excluding hydrogens is 229 g/mol. The number of carboxylic acids is 1. The van der Waals surface area contributed by atoms with Crippen molar-refractivity contribution in [3.05, 3.63) is 29.1 Å². The van der Waals surface area contributed by atoms with Gasteiger partial charge in [-0.2, -0.15) is 8.78 Å². The Morgan fingerprint density at radius 1 is 1.44 bits per heavy atom. The first-order valence-corrected chi connectivity index (χ1v) is 3.92. The monoisotopic (exact) mass is 234 g/mol. The molecule has 0 aromatic heterocycles. The molecular formula is C9H5F3O4. The van der Waals surface area contributed by atoms with Gasteiger partial charge in [0.1, 0.15) is 11.8 Å². The molecule has 0 unspecified atom stereocenters. The first-order valence-electron chi connectivity index (χ1n) is 3.92. The van der Waals surface area contributed by atoms with E-state index in [1.807, 2.05) is 0 Å². The zero-order valence-electron chi connectivity index (χ0n) is 7.62. The number of halogens is 3. The van der Waals surface area contributed by atoms with Crippen LogP contribution in [0.25, 0.3) is 0 Å². The number of carboxylic acid groups (broad SMARTS) is 1. The highest BCUT2D eigenvalue weighted by Gasteiger charge is 2.20. The number of rotatable bonds is 4. The first kappa shape index (κ1) is 12.0. The minimum Gasteiger partial charge on any atom is -0.478 e. The van der Waals surface area contributed by atoms with Gasteiger partial charge in [-0.25, -0.2) is 9.18 Å². The number of alkyl halides is 2. The molecule has 4 nitrogen and oxygen atoms in total. The molecule has 0 radical (unpaired) electrons. The van der Waals surface area contributed by atoms with Crippen molar-refractivity contribution in [3.63, 3.8) is 0 Å². The third kappa shape index (κ3) is 2.50. The maximum atomic E-state index is 13.1. The third-order valence-corrected chi connectivity index (χ3v) is 1.64. The fourth-order valence-corrected chi connectivity index (χ4v) is 1.05. The van der Waals surface area contributed by atoms with Crippen LogP contribution in [-0.4, -0.2) is 24.0 Å². The van der Waals surface area contributed by atoms with E-state index in [2.05, 4.69) is 4.74 Å². The van der Waals surface area contributed by atoms with Gasteiger partial charge in [0, 0.05) is 5.56 Å². The summed E-state index contributed by atoms with van der Waals surface area (Å²) in [5.41, 5.74) is -1.11. The lowest BCUT2D eigenvalue weighted by atomic mass is 10.1. The molecule has 0 fully saturated rings. The van der Waals surface area contributed by atoms with Gasteiger partial charge in [0.15, 0.2) is 11.6 Å². The molecule has 0 atom stereocenters. The van der Waals surface area contributed by atoms with Crippen molar-refractivity contribution in [2.45, 2.75) is 6.61 Å². The Labute approximate surface area is 87.3 Å². The van der Waals surface area contributed by atoms with Crippen molar-refractivity contribution >= 4 is 12.3 Å². The lowest BCUT2D eigenvalue weighted by Crippen LogP contribution is -2.10. The smallest absolute Gasteiger partial charge is 0.387 e. The molecule has 0 aliphatic rings. The highest BCUT2D eigenvalue weighted by atomic mass is 19.3. The fraction of sp³-hybridized carbons (Fsp3) is 0.111. The lowest BCUT2D eigenvalue weighted by Gasteiger charge is -2.09. The van der Waals surface area contributed by atoms with Crippen LogP contribution >= 0.6 is 0 Å². The van der Waals surface area contributed by atoms with Crippen LogP contribution in [0.1, 0.15) is 20.7 Å². The van der Waals surface area contributed by atoms with Gasteiger partial charge in [0.2, 0.25) is 0 Å². The Kier molecular flexibility index (Phi) is 3.49. The predicted octanol–water partition coefficient (Wildman–Crippen LogP) is 1.94. The SMILES string of the molecule is O=Cc1cc(F)c(OC(F)F)c(C(=O)O)c1. The van der Waals surface area contributed by atoms with Gasteiger partial charge >= 0.3 is 12.6 Å². The normalized spacial score (nSPS) is 10.2. The number of hydrogen-bond donors (Lipinski definition) is 1. The topological polar surface area (TPSA) is 63.6 Å². The van der Waals surface area contributed by atoms with Crippen LogP contribution < -0.4 is 4.74 Å². The fourth-order valence-electron chi connectivity index (χ4n) is 1.05. The Balaban J connectivity index is 3.33. The number of aldehydes is 1. The molecule has 0 spiro atoms. The van der Waals surface area contributed by atoms with Crippen molar-refractivity contribution in [3.8, 4) is 5.75 Å². The Hall–Kier alpha value is -2.05. The van der Waals surface area contributed by atoms with Gasteiger partial charge in [-0.3, -0.25) is 4.79 Å². The largest absolute Gasteiger partial charge is 0.478 e. The van der Waals surface area contributed by atoms with Gasteiger partial charge in [0.25, 0.3) is 0 Å². The summed E-state index contributed by atoms with van der Waals surface area (Å²) in [5.74, 6) is -4.09. The summed E-state index contributed by atoms with van der Waals surface area (Å²) in [5, 5.41) is 8.62. The van der Waals surface area contributed by atoms with E-state index in [1.54, 1.807) is 0 Å². The Bertz CT molecular complexity index is 431. The second kappa shape index (κ2) is 4.65. The van der Waals surface area contributed by atoms with E-state index in [0.29, 0.717) is 6.07 Å². The van der Waals surface area contributed by atoms with Crippen molar-refractivity contribution < 1.29 is 32.6 Å². The van der Waals surface area contributed by atoms with Gasteiger partial charge in [-0.05, 0) is 12.1 Å². The van der Waals surface area contributed by atoms with Crippen LogP contribution in [0.3, 0.4) is 0 Å². The summed E-state index contributed by atoms with van der Waals surface area (Å²) in [4.78, 5) is 20.9. The summed E-state index contributed by atoms with van der Waals surface area (Å²) in [7, 11) is 0. The summed E-state index contributed by atoms with van der Waals surface area (Å²) in [6.07, 6.45) is 0.196. The molecule has 0 saturated heterocycles. The maximum absolute atomic E-state index is 13.1. The van der Waals surface area contributed by atoms with E-state index >= 15 is 0 Å². The van der Waals surface area contributed by atoms with E-state index in [4.69, 9.17) is 5.11 Å². The standard InChI is InChI=1S/C9H5F3O4/c10-6-2-4(3-13)1-5(8(14)15)7(6)16-9(11)12/h1-3,9H,(H,14,15). The molecule has 0 saturated carbocycles. The Morgan fingerprint density at radius 3 is 2.50 bits per heavy atom. The summed E-state index contributed by atoms with van der Waals surface area (Å²) in [6.45, 7) is -3.35. The van der Waals surface area contributed by atoms with Crippen LogP contribution in [0.5, 0.6) is 5.75 Å². The quantitative estimate of drug-likeness (QED) is 0.808. The van der Waals surface area contributed by atoms with Crippen molar-refractivity contribution in [2.24, 2.45) is 0 Å². The number of carbonyl (C=O) groups excluding carboxylic acids is 1. The lowest BCUT2D eigenvalue weighted by molar-refractivity contribution is -0.0527. The number of carbonyl (C=O) groups is 2. The van der Waals surface area contributed by atoms with E-state index < -0.39 is 29.7 Å². The first-order chi connectivity index (χ1) is 7.45. The van der Waals surface area contributed by atoms with Crippen molar-refractivity contribution in [1.29, 1.82) is 0 Å². The maximum Gasteiger partial charge on any atom is 0.387 e. The molecule has 0 heterocycles. The minimum atomic E-state index is -3.35. The number of hydrogen-bond acceptors (Lipinski definition) is 3. The van der Waals surface area contributed by atoms with Crippen LogP contribution in [-0.2, 0) is 0 Å². The van der Waals surface area contributed by atoms with Crippen LogP contribution in [0.4, 0.5) is 13.2 Å². The highest BCUT2D eigenvalue weighted by Crippen LogP contribution is 2.26. The average Bonchev–Trinajstić information content (AvgIpc) is 2.19. The van der Waals surface area contributed by atoms with E-state index in [1.165, 1.54) is 0 Å². The average molecular weight is 234 g/mol. The van der Waals surface area contributed by atoms with E-state index in [-0.39, 0.29) is 11.8 Å². The molecule has 1 aromatic carbocycles. The highest BCUT2D eigenvalue weighted by molar-refractivity contribution is 5.93. The van der Waals surface area contributed by atoms with E-state index in [0.717, 1.165) is 6.07 Å². The molecule has 1 rings (SSSR count). The van der Waals surface area contributed by atoms with Crippen molar-refractivity contribution in [1.82, 2.24) is 0 Å². The van der Waals surface area contributed by atoms with Crippen LogP contribution in [0, 0.1) is 5.82 Å². The summed E-state index contributed by atoms with van der Waals surface area (Å²) >= 11 is 0. The van der Waals surface area contributed by atoms with Gasteiger partial charge in [-0.1, -0.05) is 0 Å². The number of ether oxygens (including phenoxy) is 1. The molecule has 0 amide bonds. The molecule has 1 aromatic rings. The summed E-state index contributed by atoms with van der Waals surface area (Å²) in [6, 6.07) is 1.35. The molecule has 0 aliphatic carbocycles. The second-order valence-electron chi connectivity index (χ2n) is 2.68. The van der Waals surface area contributed by atoms with Gasteiger partial charge in [-0.15, -0.1) is 0 Å². The molecule has 0 aliphatic heterocycles. The van der Waals surface area contributed by atoms with Crippen LogP contribution in [0.15, 0.2) is 12.1 Å². The summed E-state index contributed by atoms with van der Waals surface area (Å²) < 4.78 is 40.6. The predicted molar refractivity (Wildman–Crippen MR) is 45.4 cm³/mol. The third-order valence-electron chi connectivity index (χ3n) is 1.64. The second-order valence-corrected chi connectivity index (χ2v) is 2.68. The number of benzene rings is 1. The molecule has 0 bridgehead atoms. The zero-order valence-corrected chi connectivity index (χ0v) is 7.62. The van der Waals surface area contributed by atoms with E-state index in [9.17, 15) is 22.8 Å². The number of aromatic carboxylic acids is 1. The Morgan fingerprint density at radius 2 is 2.06 bits per heavy atom. The van der Waals surface area contributed by atoms with Crippen LogP contribution in [0.2, 0.25) is 0 Å². The van der Waals surface area contributed by atoms with Gasteiger partial charge < -0.3 is 9.84 Å².